The van der Waals surface area contributed by atoms with Gasteiger partial charge in [0, 0.05) is 5.69 Å². The van der Waals surface area contributed by atoms with Crippen molar-refractivity contribution in [3.8, 4) is 0 Å². The molecule has 5 heteroatoms. The number of carbonyl (C=O) groups excluding carboxylic acids is 2. The van der Waals surface area contributed by atoms with Crippen molar-refractivity contribution in [2.24, 2.45) is 11.8 Å². The van der Waals surface area contributed by atoms with Crippen LogP contribution in [-0.4, -0.2) is 36.2 Å². The van der Waals surface area contributed by atoms with Crippen LogP contribution in [0, 0.1) is 11.8 Å². The third kappa shape index (κ3) is 2.41. The molecule has 2 bridgehead atoms. The zero-order chi connectivity index (χ0) is 17.8. The van der Waals surface area contributed by atoms with Gasteiger partial charge in [0.05, 0.1) is 24.7 Å². The lowest BCUT2D eigenvalue weighted by Gasteiger charge is -2.23. The maximum atomic E-state index is 13.1. The van der Waals surface area contributed by atoms with Crippen molar-refractivity contribution in [2.45, 2.75) is 45.0 Å². The first-order chi connectivity index (χ1) is 11.9. The van der Waals surface area contributed by atoms with Gasteiger partial charge in [-0.3, -0.25) is 9.59 Å². The Hall–Kier alpha value is -2.14. The normalized spacial score (nSPS) is 32.6. The number of hydrogen-bond acceptors (Lipinski definition) is 4. The van der Waals surface area contributed by atoms with E-state index >= 15 is 0 Å². The smallest absolute Gasteiger partial charge is 0.313 e. The average Bonchev–Trinajstić information content (AvgIpc) is 3.22. The molecule has 0 radical (unpaired) electrons. The monoisotopic (exact) mass is 341 g/mol. The summed E-state index contributed by atoms with van der Waals surface area (Å²) in [5.74, 6) is -1.45. The summed E-state index contributed by atoms with van der Waals surface area (Å²) < 4.78 is 11.5. The summed E-state index contributed by atoms with van der Waals surface area (Å²) in [5, 5.41) is 0. The lowest BCUT2D eigenvalue weighted by Crippen LogP contribution is -2.40. The third-order valence-corrected chi connectivity index (χ3v) is 5.38. The van der Waals surface area contributed by atoms with Gasteiger partial charge >= 0.3 is 5.97 Å². The van der Waals surface area contributed by atoms with Crippen molar-refractivity contribution in [1.29, 1.82) is 0 Å². The van der Waals surface area contributed by atoms with E-state index in [4.69, 9.17) is 9.47 Å². The Morgan fingerprint density at radius 1 is 1.36 bits per heavy atom. The molecule has 1 aromatic rings. The van der Waals surface area contributed by atoms with E-state index in [2.05, 4.69) is 6.92 Å². The van der Waals surface area contributed by atoms with Gasteiger partial charge in [-0.2, -0.15) is 0 Å². The first-order valence-corrected chi connectivity index (χ1v) is 8.93. The van der Waals surface area contributed by atoms with Crippen LogP contribution in [0.25, 0.3) is 0 Å². The van der Waals surface area contributed by atoms with E-state index in [9.17, 15) is 9.59 Å². The summed E-state index contributed by atoms with van der Waals surface area (Å²) in [6, 6.07) is 8.00. The van der Waals surface area contributed by atoms with Crippen molar-refractivity contribution in [2.75, 3.05) is 11.4 Å². The van der Waals surface area contributed by atoms with Crippen LogP contribution >= 0.6 is 0 Å². The first kappa shape index (κ1) is 16.3. The van der Waals surface area contributed by atoms with Crippen LogP contribution in [0.3, 0.4) is 0 Å². The van der Waals surface area contributed by atoms with Gasteiger partial charge in [-0.15, -0.1) is 0 Å². The minimum atomic E-state index is -0.703. The molecule has 132 valence electrons. The van der Waals surface area contributed by atoms with Crippen LogP contribution in [0.2, 0.25) is 0 Å². The molecule has 0 saturated carbocycles. The maximum Gasteiger partial charge on any atom is 0.313 e. The van der Waals surface area contributed by atoms with Gasteiger partial charge in [0.25, 0.3) is 0 Å². The third-order valence-electron chi connectivity index (χ3n) is 5.38. The molecule has 3 aliphatic rings. The Bertz CT molecular complexity index is 739. The summed E-state index contributed by atoms with van der Waals surface area (Å²) in [4.78, 5) is 27.4. The van der Waals surface area contributed by atoms with E-state index in [0.717, 1.165) is 12.1 Å². The van der Waals surface area contributed by atoms with E-state index in [1.165, 1.54) is 5.56 Å². The number of aryl methyl sites for hydroxylation is 1. The summed E-state index contributed by atoms with van der Waals surface area (Å²) >= 11 is 0. The molecular weight excluding hydrogens is 318 g/mol. The lowest BCUT2D eigenvalue weighted by atomic mass is 9.77. The Balaban J connectivity index is 1.64. The molecule has 3 aliphatic heterocycles. The molecule has 1 unspecified atom stereocenters. The number of rotatable bonds is 4. The van der Waals surface area contributed by atoms with Crippen LogP contribution < -0.4 is 4.90 Å². The van der Waals surface area contributed by atoms with Gasteiger partial charge < -0.3 is 14.4 Å². The van der Waals surface area contributed by atoms with Crippen molar-refractivity contribution in [1.82, 2.24) is 0 Å². The number of esters is 1. The molecule has 3 heterocycles. The molecule has 4 atom stereocenters. The highest BCUT2D eigenvalue weighted by Crippen LogP contribution is 2.52. The molecule has 0 aromatic heterocycles. The van der Waals surface area contributed by atoms with E-state index in [1.54, 1.807) is 4.90 Å². The number of anilines is 1. The topological polar surface area (TPSA) is 55.8 Å². The highest BCUT2D eigenvalue weighted by Gasteiger charge is 2.67. The van der Waals surface area contributed by atoms with Gasteiger partial charge in [0.2, 0.25) is 5.91 Å². The molecule has 1 spiro atoms. The highest BCUT2D eigenvalue weighted by atomic mass is 16.6. The number of nitrogens with zero attached hydrogens (tertiary/aromatic N) is 1. The van der Waals surface area contributed by atoms with Gasteiger partial charge in [-0.05, 0) is 38.0 Å². The minimum Gasteiger partial charge on any atom is -0.463 e. The fourth-order valence-corrected chi connectivity index (χ4v) is 4.21. The molecule has 2 saturated heterocycles. The SMILES string of the molecule is CCc1ccc(N2CC34C=C[C@@H](O3)[C@H](C(=O)OC(C)C)[C@@H]4C2=O)cc1. The van der Waals surface area contributed by atoms with Crippen LogP contribution in [0.1, 0.15) is 26.3 Å². The van der Waals surface area contributed by atoms with E-state index in [-0.39, 0.29) is 24.1 Å². The van der Waals surface area contributed by atoms with Gasteiger partial charge in [-0.25, -0.2) is 0 Å². The van der Waals surface area contributed by atoms with Crippen LogP contribution in [0.4, 0.5) is 5.69 Å². The van der Waals surface area contributed by atoms with Crippen molar-refractivity contribution in [3.63, 3.8) is 0 Å². The van der Waals surface area contributed by atoms with Gasteiger partial charge in [0.1, 0.15) is 11.5 Å². The van der Waals surface area contributed by atoms with Crippen molar-refractivity contribution in [3.05, 3.63) is 42.0 Å². The predicted octanol–water partition coefficient (Wildman–Crippen LogP) is 2.49. The van der Waals surface area contributed by atoms with Crippen LogP contribution in [-0.2, 0) is 25.5 Å². The largest absolute Gasteiger partial charge is 0.463 e. The molecule has 4 rings (SSSR count). The summed E-state index contributed by atoms with van der Waals surface area (Å²) in [5.41, 5.74) is 1.37. The molecule has 2 fully saturated rings. The highest BCUT2D eigenvalue weighted by molar-refractivity contribution is 6.02. The number of benzene rings is 1. The van der Waals surface area contributed by atoms with Crippen LogP contribution in [0.15, 0.2) is 36.4 Å². The Kier molecular flexibility index (Phi) is 3.72. The fourth-order valence-electron chi connectivity index (χ4n) is 4.21. The van der Waals surface area contributed by atoms with Gasteiger partial charge in [0.15, 0.2) is 0 Å². The average molecular weight is 341 g/mol. The zero-order valence-corrected chi connectivity index (χ0v) is 14.8. The minimum absolute atomic E-state index is 0.0539. The summed E-state index contributed by atoms with van der Waals surface area (Å²) in [7, 11) is 0. The van der Waals surface area contributed by atoms with Crippen molar-refractivity contribution < 1.29 is 19.1 Å². The van der Waals surface area contributed by atoms with Crippen molar-refractivity contribution >= 4 is 17.6 Å². The summed E-state index contributed by atoms with van der Waals surface area (Å²) in [6.45, 7) is 6.17. The quantitative estimate of drug-likeness (QED) is 0.624. The number of hydrogen-bond donors (Lipinski definition) is 0. The van der Waals surface area contributed by atoms with E-state index < -0.39 is 17.4 Å². The number of amides is 1. The molecule has 1 amide bonds. The Morgan fingerprint density at radius 2 is 2.08 bits per heavy atom. The molecule has 0 N–H and O–H groups in total. The Morgan fingerprint density at radius 3 is 2.72 bits per heavy atom. The fraction of sp³-hybridized carbons (Fsp3) is 0.500. The van der Waals surface area contributed by atoms with E-state index in [0.29, 0.717) is 6.54 Å². The zero-order valence-electron chi connectivity index (χ0n) is 14.8. The maximum absolute atomic E-state index is 13.1. The molecule has 1 aromatic carbocycles. The molecular formula is C20H23NO4. The second-order valence-electron chi connectivity index (χ2n) is 7.33. The first-order valence-electron chi connectivity index (χ1n) is 8.93. The lowest BCUT2D eigenvalue weighted by molar-refractivity contribution is -0.156. The number of ether oxygens (including phenoxy) is 2. The molecule has 25 heavy (non-hydrogen) atoms. The second-order valence-corrected chi connectivity index (χ2v) is 7.33. The second kappa shape index (κ2) is 5.70. The summed E-state index contributed by atoms with van der Waals surface area (Å²) in [6.07, 6.45) is 4.25. The predicted molar refractivity (Wildman–Crippen MR) is 93.1 cm³/mol. The standard InChI is InChI=1S/C20H23NO4/c1-4-13-5-7-14(8-6-13)21-11-20-10-9-15(25-20)16(17(20)18(21)22)19(23)24-12(2)3/h5-10,12,15-17H,4,11H2,1-3H3/t15-,16+,17-,20?/m1/s1. The number of fused-ring (bicyclic) bond motifs is 1. The van der Waals surface area contributed by atoms with E-state index in [1.807, 2.05) is 50.3 Å². The van der Waals surface area contributed by atoms with Crippen LogP contribution in [0.5, 0.6) is 0 Å². The van der Waals surface area contributed by atoms with Gasteiger partial charge in [-0.1, -0.05) is 31.2 Å². The molecule has 5 nitrogen and oxygen atoms in total. The Labute approximate surface area is 147 Å². The number of carbonyl (C=O) groups is 2. The molecule has 0 aliphatic carbocycles.